The van der Waals surface area contributed by atoms with Crippen LogP contribution in [-0.2, 0) is 4.79 Å². The predicted octanol–water partition coefficient (Wildman–Crippen LogP) is 4.80. The number of alkyl halides is 1. The lowest BCUT2D eigenvalue weighted by Gasteiger charge is -2.08. The van der Waals surface area contributed by atoms with Gasteiger partial charge in [0.05, 0.1) is 0 Å². The van der Waals surface area contributed by atoms with Gasteiger partial charge in [-0.2, -0.15) is 0 Å². The van der Waals surface area contributed by atoms with E-state index in [4.69, 9.17) is 4.74 Å². The third kappa shape index (κ3) is 6.42. The Bertz CT molecular complexity index is 660. The van der Waals surface area contributed by atoms with Gasteiger partial charge in [-0.05, 0) is 49.2 Å². The Morgan fingerprint density at radius 1 is 0.875 bits per heavy atom. The molecule has 0 atom stereocenters. The van der Waals surface area contributed by atoms with Crippen LogP contribution in [0.5, 0.6) is 5.75 Å². The van der Waals surface area contributed by atoms with Gasteiger partial charge in [0.25, 0.3) is 0 Å². The van der Waals surface area contributed by atoms with Crippen LogP contribution in [0.4, 0.5) is 16.2 Å². The first-order chi connectivity index (χ1) is 11.7. The first-order valence-corrected chi connectivity index (χ1v) is 8.79. The number of para-hydroxylation sites is 1. The Kier molecular flexibility index (Phi) is 7.29. The van der Waals surface area contributed by atoms with E-state index < -0.39 is 0 Å². The van der Waals surface area contributed by atoms with Crippen molar-refractivity contribution in [2.24, 2.45) is 0 Å². The lowest BCUT2D eigenvalue weighted by Crippen LogP contribution is -2.19. The SMILES string of the molecule is O=C(Nc1ccccc1)Nc1ccc(OC(=O)CCCCBr)cc1. The van der Waals surface area contributed by atoms with Gasteiger partial charge in [0, 0.05) is 23.1 Å². The third-order valence-electron chi connectivity index (χ3n) is 3.14. The van der Waals surface area contributed by atoms with Gasteiger partial charge in [-0.1, -0.05) is 34.1 Å². The molecule has 0 aromatic heterocycles. The highest BCUT2D eigenvalue weighted by Gasteiger charge is 2.06. The minimum Gasteiger partial charge on any atom is -0.427 e. The highest BCUT2D eigenvalue weighted by Crippen LogP contribution is 2.17. The average Bonchev–Trinajstić information content (AvgIpc) is 2.58. The first kappa shape index (κ1) is 18.0. The van der Waals surface area contributed by atoms with E-state index in [1.807, 2.05) is 18.2 Å². The van der Waals surface area contributed by atoms with Crippen molar-refractivity contribution >= 4 is 39.3 Å². The fraction of sp³-hybridized carbons (Fsp3) is 0.222. The molecule has 0 unspecified atom stereocenters. The number of halogens is 1. The average molecular weight is 391 g/mol. The van der Waals surface area contributed by atoms with Gasteiger partial charge in [0.2, 0.25) is 0 Å². The summed E-state index contributed by atoms with van der Waals surface area (Å²) in [4.78, 5) is 23.5. The number of rotatable bonds is 7. The van der Waals surface area contributed by atoms with Crippen molar-refractivity contribution in [2.75, 3.05) is 16.0 Å². The van der Waals surface area contributed by atoms with Crippen LogP contribution in [0.25, 0.3) is 0 Å². The second-order valence-corrected chi connectivity index (χ2v) is 5.88. The van der Waals surface area contributed by atoms with Crippen molar-refractivity contribution in [3.8, 4) is 5.75 Å². The van der Waals surface area contributed by atoms with Crippen LogP contribution in [0.2, 0.25) is 0 Å². The maximum Gasteiger partial charge on any atom is 0.323 e. The minimum absolute atomic E-state index is 0.251. The lowest BCUT2D eigenvalue weighted by atomic mass is 10.2. The van der Waals surface area contributed by atoms with Gasteiger partial charge < -0.3 is 15.4 Å². The molecule has 2 amide bonds. The molecule has 0 fully saturated rings. The predicted molar refractivity (Wildman–Crippen MR) is 98.8 cm³/mol. The van der Waals surface area contributed by atoms with Crippen LogP contribution in [-0.4, -0.2) is 17.3 Å². The van der Waals surface area contributed by atoms with Crippen LogP contribution in [0.1, 0.15) is 19.3 Å². The number of hydrogen-bond donors (Lipinski definition) is 2. The summed E-state index contributed by atoms with van der Waals surface area (Å²) in [5.41, 5.74) is 1.33. The number of nitrogens with one attached hydrogen (secondary N) is 2. The summed E-state index contributed by atoms with van der Waals surface area (Å²) in [5.74, 6) is 0.214. The molecule has 24 heavy (non-hydrogen) atoms. The van der Waals surface area contributed by atoms with Crippen LogP contribution < -0.4 is 15.4 Å². The van der Waals surface area contributed by atoms with E-state index in [0.29, 0.717) is 23.5 Å². The molecule has 2 aromatic rings. The summed E-state index contributed by atoms with van der Waals surface area (Å²) < 4.78 is 5.23. The molecule has 6 heteroatoms. The highest BCUT2D eigenvalue weighted by atomic mass is 79.9. The summed E-state index contributed by atoms with van der Waals surface area (Å²) in [5, 5.41) is 6.32. The Morgan fingerprint density at radius 2 is 1.50 bits per heavy atom. The minimum atomic E-state index is -0.333. The molecule has 0 saturated heterocycles. The van der Waals surface area contributed by atoms with Crippen molar-refractivity contribution < 1.29 is 14.3 Å². The van der Waals surface area contributed by atoms with Crippen LogP contribution in [0.3, 0.4) is 0 Å². The molecule has 126 valence electrons. The Labute approximate surface area is 149 Å². The molecule has 5 nitrogen and oxygen atoms in total. The Balaban J connectivity index is 1.81. The number of carbonyl (C=O) groups is 2. The zero-order valence-corrected chi connectivity index (χ0v) is 14.7. The van der Waals surface area contributed by atoms with Gasteiger partial charge >= 0.3 is 12.0 Å². The first-order valence-electron chi connectivity index (χ1n) is 7.67. The fourth-order valence-corrected chi connectivity index (χ4v) is 2.36. The Hall–Kier alpha value is -2.34. The molecule has 0 saturated carbocycles. The van der Waals surface area contributed by atoms with E-state index in [9.17, 15) is 9.59 Å². The summed E-state index contributed by atoms with van der Waals surface area (Å²) in [7, 11) is 0. The van der Waals surface area contributed by atoms with E-state index in [1.54, 1.807) is 36.4 Å². The third-order valence-corrected chi connectivity index (χ3v) is 3.70. The number of urea groups is 1. The van der Waals surface area contributed by atoms with Crippen molar-refractivity contribution in [2.45, 2.75) is 19.3 Å². The van der Waals surface area contributed by atoms with Crippen LogP contribution in [0, 0.1) is 0 Å². The number of hydrogen-bond acceptors (Lipinski definition) is 3. The number of unbranched alkanes of at least 4 members (excludes halogenated alkanes) is 1. The molecule has 2 aromatic carbocycles. The van der Waals surface area contributed by atoms with E-state index in [-0.39, 0.29) is 12.0 Å². The number of ether oxygens (including phenoxy) is 1. The number of benzene rings is 2. The van der Waals surface area contributed by atoms with E-state index in [1.165, 1.54) is 0 Å². The lowest BCUT2D eigenvalue weighted by molar-refractivity contribution is -0.134. The topological polar surface area (TPSA) is 67.4 Å². The van der Waals surface area contributed by atoms with Crippen molar-refractivity contribution in [1.29, 1.82) is 0 Å². The Morgan fingerprint density at radius 3 is 2.12 bits per heavy atom. The standard InChI is InChI=1S/C18H19BrN2O3/c19-13-5-4-8-17(22)24-16-11-9-15(10-12-16)21-18(23)20-14-6-2-1-3-7-14/h1-3,6-7,9-12H,4-5,8,13H2,(H2,20,21,23). The second kappa shape index (κ2) is 9.72. The molecule has 0 aliphatic heterocycles. The maximum absolute atomic E-state index is 11.9. The summed E-state index contributed by atoms with van der Waals surface area (Å²) in [6.45, 7) is 0. The fourth-order valence-electron chi connectivity index (χ4n) is 1.97. The van der Waals surface area contributed by atoms with E-state index >= 15 is 0 Å². The normalized spacial score (nSPS) is 10.0. The van der Waals surface area contributed by atoms with Gasteiger partial charge in [-0.15, -0.1) is 0 Å². The molecular weight excluding hydrogens is 372 g/mol. The monoisotopic (exact) mass is 390 g/mol. The molecule has 0 bridgehead atoms. The molecule has 0 heterocycles. The van der Waals surface area contributed by atoms with Crippen LogP contribution >= 0.6 is 15.9 Å². The van der Waals surface area contributed by atoms with E-state index in [2.05, 4.69) is 26.6 Å². The maximum atomic E-state index is 11.9. The van der Waals surface area contributed by atoms with E-state index in [0.717, 1.165) is 18.2 Å². The van der Waals surface area contributed by atoms with Gasteiger partial charge in [0.15, 0.2) is 0 Å². The zero-order valence-electron chi connectivity index (χ0n) is 13.1. The molecular formula is C18H19BrN2O3. The van der Waals surface area contributed by atoms with Crippen LogP contribution in [0.15, 0.2) is 54.6 Å². The summed E-state index contributed by atoms with van der Waals surface area (Å²) >= 11 is 3.32. The quantitative estimate of drug-likeness (QED) is 0.308. The molecule has 2 rings (SSSR count). The van der Waals surface area contributed by atoms with Crippen molar-refractivity contribution in [3.05, 3.63) is 54.6 Å². The molecule has 0 aliphatic rings. The van der Waals surface area contributed by atoms with Gasteiger partial charge in [-0.3, -0.25) is 4.79 Å². The molecule has 0 aliphatic carbocycles. The summed E-state index contributed by atoms with van der Waals surface area (Å²) in [6, 6.07) is 15.5. The van der Waals surface area contributed by atoms with Crippen molar-refractivity contribution in [3.63, 3.8) is 0 Å². The van der Waals surface area contributed by atoms with Crippen molar-refractivity contribution in [1.82, 2.24) is 0 Å². The van der Waals surface area contributed by atoms with Gasteiger partial charge in [0.1, 0.15) is 5.75 Å². The summed E-state index contributed by atoms with van der Waals surface area (Å²) in [6.07, 6.45) is 2.13. The largest absolute Gasteiger partial charge is 0.427 e. The molecule has 0 spiro atoms. The smallest absolute Gasteiger partial charge is 0.323 e. The number of anilines is 2. The highest BCUT2D eigenvalue weighted by molar-refractivity contribution is 9.09. The number of carbonyl (C=O) groups excluding carboxylic acids is 2. The molecule has 2 N–H and O–H groups in total. The second-order valence-electron chi connectivity index (χ2n) is 5.09. The zero-order chi connectivity index (χ0) is 17.2. The number of esters is 1. The molecule has 0 radical (unpaired) electrons. The number of amides is 2. The van der Waals surface area contributed by atoms with Gasteiger partial charge in [-0.25, -0.2) is 4.79 Å².